The molecule has 134 valence electrons. The average molecular weight is 362 g/mol. The van der Waals surface area contributed by atoms with Crippen LogP contribution in [0.5, 0.6) is 11.5 Å². The normalized spacial score (nSPS) is 14.2. The first kappa shape index (κ1) is 17.6. The highest BCUT2D eigenvalue weighted by atomic mass is 32.2. The van der Waals surface area contributed by atoms with Gasteiger partial charge in [0.1, 0.15) is 6.61 Å². The SMILES string of the molecule is COc1ccccc1OCc1nnc2n1N(C(=O)C(C)(C)C)CCS2. The van der Waals surface area contributed by atoms with E-state index in [4.69, 9.17) is 9.47 Å². The van der Waals surface area contributed by atoms with Crippen molar-refractivity contribution in [3.05, 3.63) is 30.1 Å². The van der Waals surface area contributed by atoms with E-state index in [1.165, 1.54) is 0 Å². The van der Waals surface area contributed by atoms with Crippen molar-refractivity contribution in [2.75, 3.05) is 24.4 Å². The minimum atomic E-state index is -0.482. The van der Waals surface area contributed by atoms with E-state index in [1.54, 1.807) is 28.6 Å². The number of rotatable bonds is 4. The van der Waals surface area contributed by atoms with Crippen molar-refractivity contribution in [3.63, 3.8) is 0 Å². The van der Waals surface area contributed by atoms with Gasteiger partial charge in [-0.05, 0) is 12.1 Å². The van der Waals surface area contributed by atoms with Gasteiger partial charge in [0.2, 0.25) is 11.1 Å². The van der Waals surface area contributed by atoms with Gasteiger partial charge in [-0.2, -0.15) is 0 Å². The minimum absolute atomic E-state index is 0.0346. The van der Waals surface area contributed by atoms with E-state index in [9.17, 15) is 4.79 Å². The molecule has 1 aliphatic heterocycles. The third kappa shape index (κ3) is 3.58. The molecule has 0 atom stereocenters. The molecule has 2 heterocycles. The number of aromatic nitrogens is 3. The van der Waals surface area contributed by atoms with Crippen LogP contribution in [0.3, 0.4) is 0 Å². The maximum absolute atomic E-state index is 12.8. The molecular weight excluding hydrogens is 340 g/mol. The van der Waals surface area contributed by atoms with Crippen molar-refractivity contribution in [2.45, 2.75) is 32.5 Å². The summed E-state index contributed by atoms with van der Waals surface area (Å²) in [5.74, 6) is 2.70. The topological polar surface area (TPSA) is 69.5 Å². The molecule has 1 aromatic carbocycles. The molecule has 1 aliphatic rings. The van der Waals surface area contributed by atoms with Crippen LogP contribution in [0, 0.1) is 5.41 Å². The lowest BCUT2D eigenvalue weighted by atomic mass is 9.95. The van der Waals surface area contributed by atoms with E-state index in [-0.39, 0.29) is 12.5 Å². The standard InChI is InChI=1S/C17H22N4O3S/c1-17(2,3)15(22)20-9-10-25-16-19-18-14(21(16)20)11-24-13-8-6-5-7-12(13)23-4/h5-8H,9-11H2,1-4H3. The number of carbonyl (C=O) groups excluding carboxylic acids is 1. The van der Waals surface area contributed by atoms with Gasteiger partial charge in [-0.15, -0.1) is 10.2 Å². The molecule has 0 saturated heterocycles. The van der Waals surface area contributed by atoms with Crippen molar-refractivity contribution in [2.24, 2.45) is 5.41 Å². The molecule has 0 saturated carbocycles. The summed E-state index contributed by atoms with van der Waals surface area (Å²) in [7, 11) is 1.60. The van der Waals surface area contributed by atoms with Crippen LogP contribution >= 0.6 is 11.8 Å². The quantitative estimate of drug-likeness (QED) is 0.832. The number of carbonyl (C=O) groups is 1. The fourth-order valence-electron chi connectivity index (χ4n) is 2.50. The summed E-state index contributed by atoms with van der Waals surface area (Å²) in [4.78, 5) is 12.8. The second-order valence-corrected chi connectivity index (χ2v) is 7.74. The van der Waals surface area contributed by atoms with E-state index < -0.39 is 5.41 Å². The van der Waals surface area contributed by atoms with Crippen molar-refractivity contribution in [3.8, 4) is 11.5 Å². The predicted molar refractivity (Wildman–Crippen MR) is 95.6 cm³/mol. The van der Waals surface area contributed by atoms with Crippen LogP contribution in [0.15, 0.2) is 29.4 Å². The first-order chi connectivity index (χ1) is 11.9. The van der Waals surface area contributed by atoms with Crippen LogP contribution in [0.4, 0.5) is 0 Å². The van der Waals surface area contributed by atoms with E-state index in [0.717, 1.165) is 5.75 Å². The van der Waals surface area contributed by atoms with Gasteiger partial charge >= 0.3 is 0 Å². The predicted octanol–water partition coefficient (Wildman–Crippen LogP) is 2.48. The lowest BCUT2D eigenvalue weighted by Crippen LogP contribution is -2.50. The number of hydrogen-bond acceptors (Lipinski definition) is 6. The molecule has 25 heavy (non-hydrogen) atoms. The van der Waals surface area contributed by atoms with Gasteiger partial charge in [0.05, 0.1) is 13.7 Å². The molecule has 8 heteroatoms. The number of ether oxygens (including phenoxy) is 2. The number of fused-ring (bicyclic) bond motifs is 1. The van der Waals surface area contributed by atoms with Crippen LogP contribution in [-0.4, -0.2) is 40.2 Å². The molecule has 0 spiro atoms. The molecule has 0 fully saturated rings. The minimum Gasteiger partial charge on any atom is -0.493 e. The highest BCUT2D eigenvalue weighted by molar-refractivity contribution is 7.99. The summed E-state index contributed by atoms with van der Waals surface area (Å²) in [5, 5.41) is 10.8. The fourth-order valence-corrected chi connectivity index (χ4v) is 3.37. The summed E-state index contributed by atoms with van der Waals surface area (Å²) < 4.78 is 12.9. The first-order valence-corrected chi connectivity index (χ1v) is 9.05. The number of methoxy groups -OCH3 is 1. The molecule has 3 rings (SSSR count). The molecule has 1 amide bonds. The lowest BCUT2D eigenvalue weighted by Gasteiger charge is -2.33. The summed E-state index contributed by atoms with van der Waals surface area (Å²) >= 11 is 1.59. The summed E-state index contributed by atoms with van der Waals surface area (Å²) in [6.45, 7) is 6.54. The Bertz CT molecular complexity index is 769. The Balaban J connectivity index is 1.85. The Morgan fingerprint density at radius 1 is 1.24 bits per heavy atom. The number of hydrogen-bond donors (Lipinski definition) is 0. The van der Waals surface area contributed by atoms with E-state index >= 15 is 0 Å². The van der Waals surface area contributed by atoms with Gasteiger partial charge < -0.3 is 9.47 Å². The first-order valence-electron chi connectivity index (χ1n) is 8.07. The number of benzene rings is 1. The number of amides is 1. The van der Waals surface area contributed by atoms with Crippen molar-refractivity contribution < 1.29 is 14.3 Å². The van der Waals surface area contributed by atoms with Gasteiger partial charge in [0.25, 0.3) is 0 Å². The number of nitrogens with zero attached hydrogens (tertiary/aromatic N) is 4. The molecule has 2 aromatic rings. The third-order valence-electron chi connectivity index (χ3n) is 3.75. The van der Waals surface area contributed by atoms with E-state index in [0.29, 0.717) is 29.0 Å². The zero-order valence-electron chi connectivity index (χ0n) is 14.9. The maximum Gasteiger partial charge on any atom is 0.246 e. The smallest absolute Gasteiger partial charge is 0.246 e. The Kier molecular flexibility index (Phi) is 4.89. The Labute approximate surface area is 151 Å². The van der Waals surface area contributed by atoms with Gasteiger partial charge in [-0.25, -0.2) is 9.69 Å². The van der Waals surface area contributed by atoms with Gasteiger partial charge in [-0.3, -0.25) is 4.79 Å². The van der Waals surface area contributed by atoms with E-state index in [2.05, 4.69) is 10.2 Å². The Hall–Kier alpha value is -2.22. The summed E-state index contributed by atoms with van der Waals surface area (Å²) in [6.07, 6.45) is 0. The average Bonchev–Trinajstić information content (AvgIpc) is 3.02. The highest BCUT2D eigenvalue weighted by Gasteiger charge is 2.33. The Morgan fingerprint density at radius 2 is 1.96 bits per heavy atom. The Morgan fingerprint density at radius 3 is 2.64 bits per heavy atom. The second-order valence-electron chi connectivity index (χ2n) is 6.68. The van der Waals surface area contributed by atoms with Crippen LogP contribution in [-0.2, 0) is 11.4 Å². The molecule has 0 N–H and O–H groups in total. The van der Waals surface area contributed by atoms with Gasteiger partial charge in [0, 0.05) is 11.2 Å². The van der Waals surface area contributed by atoms with Crippen molar-refractivity contribution in [1.82, 2.24) is 14.9 Å². The largest absolute Gasteiger partial charge is 0.493 e. The molecule has 0 unspecified atom stereocenters. The number of para-hydroxylation sites is 2. The zero-order chi connectivity index (χ0) is 18.0. The summed E-state index contributed by atoms with van der Waals surface area (Å²) in [5.41, 5.74) is -0.482. The van der Waals surface area contributed by atoms with Crippen molar-refractivity contribution >= 4 is 17.7 Å². The van der Waals surface area contributed by atoms with Crippen LogP contribution in [0.25, 0.3) is 0 Å². The summed E-state index contributed by atoms with van der Waals surface area (Å²) in [6, 6.07) is 7.42. The molecule has 1 aromatic heterocycles. The molecule has 7 nitrogen and oxygen atoms in total. The maximum atomic E-state index is 12.8. The van der Waals surface area contributed by atoms with Crippen LogP contribution in [0.2, 0.25) is 0 Å². The zero-order valence-corrected chi connectivity index (χ0v) is 15.7. The molecule has 0 bridgehead atoms. The van der Waals surface area contributed by atoms with Crippen LogP contribution < -0.4 is 14.5 Å². The molecular formula is C17H22N4O3S. The third-order valence-corrected chi connectivity index (χ3v) is 4.65. The number of thioether (sulfide) groups is 1. The highest BCUT2D eigenvalue weighted by Crippen LogP contribution is 2.29. The molecule has 0 radical (unpaired) electrons. The van der Waals surface area contributed by atoms with Gasteiger partial charge in [-0.1, -0.05) is 44.7 Å². The lowest BCUT2D eigenvalue weighted by molar-refractivity contribution is -0.127. The van der Waals surface area contributed by atoms with Crippen molar-refractivity contribution in [1.29, 1.82) is 0 Å². The monoisotopic (exact) mass is 362 g/mol. The second kappa shape index (κ2) is 6.95. The molecule has 0 aliphatic carbocycles. The van der Waals surface area contributed by atoms with E-state index in [1.807, 2.05) is 45.0 Å². The fraction of sp³-hybridized carbons (Fsp3) is 0.471. The van der Waals surface area contributed by atoms with Gasteiger partial charge in [0.15, 0.2) is 17.3 Å². The van der Waals surface area contributed by atoms with Crippen LogP contribution in [0.1, 0.15) is 26.6 Å².